The minimum Gasteiger partial charge on any atom is -0.494 e. The standard InChI is InChI=1S/C9H8F5NO2/c1-4-5(17-9(12,13)14)3-15-6(8(10)11)7(4)16-2/h3,8H,1-2H3. The lowest BCUT2D eigenvalue weighted by atomic mass is 10.2. The third kappa shape index (κ3) is 3.18. The van der Waals surface area contributed by atoms with Crippen LogP contribution < -0.4 is 9.47 Å². The van der Waals surface area contributed by atoms with Gasteiger partial charge in [-0.15, -0.1) is 13.2 Å². The molecule has 0 N–H and O–H groups in total. The average molecular weight is 257 g/mol. The van der Waals surface area contributed by atoms with Crippen LogP contribution in [0.4, 0.5) is 22.0 Å². The molecule has 1 aromatic heterocycles. The van der Waals surface area contributed by atoms with E-state index >= 15 is 0 Å². The van der Waals surface area contributed by atoms with Crippen molar-refractivity contribution >= 4 is 0 Å². The summed E-state index contributed by atoms with van der Waals surface area (Å²) in [5.74, 6) is -1.08. The van der Waals surface area contributed by atoms with Crippen molar-refractivity contribution in [1.29, 1.82) is 0 Å². The van der Waals surface area contributed by atoms with E-state index in [0.29, 0.717) is 6.20 Å². The molecule has 0 radical (unpaired) electrons. The Kier molecular flexibility index (Phi) is 3.74. The number of hydrogen-bond acceptors (Lipinski definition) is 3. The lowest BCUT2D eigenvalue weighted by molar-refractivity contribution is -0.275. The molecule has 1 rings (SSSR count). The molecule has 1 aromatic rings. The third-order valence-corrected chi connectivity index (χ3v) is 1.90. The molecule has 0 bridgehead atoms. The smallest absolute Gasteiger partial charge is 0.494 e. The summed E-state index contributed by atoms with van der Waals surface area (Å²) in [6.07, 6.45) is -7.26. The summed E-state index contributed by atoms with van der Waals surface area (Å²) in [5, 5.41) is 0. The fourth-order valence-corrected chi connectivity index (χ4v) is 1.23. The molecule has 0 spiro atoms. The van der Waals surface area contributed by atoms with Gasteiger partial charge in [-0.25, -0.2) is 13.8 Å². The number of hydrogen-bond donors (Lipinski definition) is 0. The van der Waals surface area contributed by atoms with Gasteiger partial charge in [0.1, 0.15) is 5.69 Å². The van der Waals surface area contributed by atoms with Crippen LogP contribution in [0.25, 0.3) is 0 Å². The molecule has 0 aromatic carbocycles. The van der Waals surface area contributed by atoms with Crippen LogP contribution in [-0.4, -0.2) is 18.5 Å². The number of methoxy groups -OCH3 is 1. The number of ether oxygens (including phenoxy) is 2. The van der Waals surface area contributed by atoms with E-state index in [2.05, 4.69) is 14.5 Å². The number of halogens is 5. The maximum Gasteiger partial charge on any atom is 0.573 e. The van der Waals surface area contributed by atoms with Crippen molar-refractivity contribution in [3.05, 3.63) is 17.5 Å². The summed E-state index contributed by atoms with van der Waals surface area (Å²) in [5.41, 5.74) is -0.908. The van der Waals surface area contributed by atoms with Gasteiger partial charge in [0, 0.05) is 5.56 Å². The van der Waals surface area contributed by atoms with Crippen LogP contribution in [0.15, 0.2) is 6.20 Å². The summed E-state index contributed by atoms with van der Waals surface area (Å²) in [7, 11) is 1.06. The van der Waals surface area contributed by atoms with Gasteiger partial charge in [0.15, 0.2) is 11.5 Å². The highest BCUT2D eigenvalue weighted by Gasteiger charge is 2.33. The predicted molar refractivity (Wildman–Crippen MR) is 47.2 cm³/mol. The molecular formula is C9H8F5NO2. The molecule has 0 aliphatic rings. The Labute approximate surface area is 93.2 Å². The molecule has 17 heavy (non-hydrogen) atoms. The van der Waals surface area contributed by atoms with Gasteiger partial charge >= 0.3 is 6.36 Å². The maximum absolute atomic E-state index is 12.5. The van der Waals surface area contributed by atoms with Crippen LogP contribution in [0.5, 0.6) is 11.5 Å². The lowest BCUT2D eigenvalue weighted by Gasteiger charge is -2.15. The number of alkyl halides is 5. The molecule has 0 aliphatic carbocycles. The zero-order valence-corrected chi connectivity index (χ0v) is 8.81. The van der Waals surface area contributed by atoms with E-state index in [4.69, 9.17) is 0 Å². The molecule has 0 fully saturated rings. The molecule has 0 amide bonds. The van der Waals surface area contributed by atoms with Gasteiger partial charge < -0.3 is 9.47 Å². The van der Waals surface area contributed by atoms with E-state index in [1.165, 1.54) is 6.92 Å². The van der Waals surface area contributed by atoms with E-state index in [1.807, 2.05) is 0 Å². The second-order valence-corrected chi connectivity index (χ2v) is 3.01. The Morgan fingerprint density at radius 3 is 2.29 bits per heavy atom. The van der Waals surface area contributed by atoms with Crippen molar-refractivity contribution in [3.8, 4) is 11.5 Å². The molecule has 0 unspecified atom stereocenters. The molecule has 3 nitrogen and oxygen atoms in total. The minimum atomic E-state index is -4.91. The first kappa shape index (κ1) is 13.5. The van der Waals surface area contributed by atoms with Gasteiger partial charge in [-0.2, -0.15) is 0 Å². The van der Waals surface area contributed by atoms with Crippen molar-refractivity contribution in [2.24, 2.45) is 0 Å². The number of nitrogens with zero attached hydrogens (tertiary/aromatic N) is 1. The third-order valence-electron chi connectivity index (χ3n) is 1.90. The van der Waals surface area contributed by atoms with Crippen LogP contribution in [0, 0.1) is 6.92 Å². The van der Waals surface area contributed by atoms with E-state index in [1.54, 1.807) is 0 Å². The van der Waals surface area contributed by atoms with E-state index in [9.17, 15) is 22.0 Å². The SMILES string of the molecule is COc1c(C(F)F)ncc(OC(F)(F)F)c1C. The van der Waals surface area contributed by atoms with Crippen LogP contribution >= 0.6 is 0 Å². The average Bonchev–Trinajstić information content (AvgIpc) is 2.18. The Hall–Kier alpha value is -1.60. The van der Waals surface area contributed by atoms with Crippen LogP contribution in [0.2, 0.25) is 0 Å². The summed E-state index contributed by atoms with van der Waals surface area (Å²) in [6, 6.07) is 0. The van der Waals surface area contributed by atoms with Crippen LogP contribution in [0.3, 0.4) is 0 Å². The largest absolute Gasteiger partial charge is 0.573 e. The Morgan fingerprint density at radius 2 is 1.88 bits per heavy atom. The van der Waals surface area contributed by atoms with Gasteiger partial charge in [0.05, 0.1) is 13.3 Å². The zero-order chi connectivity index (χ0) is 13.2. The van der Waals surface area contributed by atoms with Gasteiger partial charge in [-0.3, -0.25) is 0 Å². The molecule has 96 valence electrons. The predicted octanol–water partition coefficient (Wildman–Crippen LogP) is 3.23. The van der Waals surface area contributed by atoms with Crippen molar-refractivity contribution in [1.82, 2.24) is 4.98 Å². The van der Waals surface area contributed by atoms with Gasteiger partial charge in [0.2, 0.25) is 0 Å². The summed E-state index contributed by atoms with van der Waals surface area (Å²) in [6.45, 7) is 1.17. The summed E-state index contributed by atoms with van der Waals surface area (Å²) >= 11 is 0. The second kappa shape index (κ2) is 4.72. The van der Waals surface area contributed by atoms with Gasteiger partial charge in [0.25, 0.3) is 6.43 Å². The number of rotatable bonds is 3. The first-order chi connectivity index (χ1) is 7.76. The highest BCUT2D eigenvalue weighted by Crippen LogP contribution is 2.36. The fourth-order valence-electron chi connectivity index (χ4n) is 1.23. The molecule has 0 saturated carbocycles. The normalized spacial score (nSPS) is 11.8. The maximum atomic E-state index is 12.5. The monoisotopic (exact) mass is 257 g/mol. The zero-order valence-electron chi connectivity index (χ0n) is 8.81. The molecular weight excluding hydrogens is 249 g/mol. The molecule has 1 heterocycles. The van der Waals surface area contributed by atoms with Crippen LogP contribution in [-0.2, 0) is 0 Å². The number of pyridine rings is 1. The molecule has 0 aliphatic heterocycles. The number of aromatic nitrogens is 1. The van der Waals surface area contributed by atoms with Crippen molar-refractivity contribution in [2.45, 2.75) is 19.7 Å². The molecule has 0 atom stereocenters. The highest BCUT2D eigenvalue weighted by atomic mass is 19.4. The van der Waals surface area contributed by atoms with Crippen molar-refractivity contribution < 1.29 is 31.4 Å². The van der Waals surface area contributed by atoms with Crippen molar-refractivity contribution in [3.63, 3.8) is 0 Å². The van der Waals surface area contributed by atoms with E-state index in [-0.39, 0.29) is 5.56 Å². The van der Waals surface area contributed by atoms with Crippen LogP contribution in [0.1, 0.15) is 17.7 Å². The Bertz CT molecular complexity index is 405. The quantitative estimate of drug-likeness (QED) is 0.779. The summed E-state index contributed by atoms with van der Waals surface area (Å²) in [4.78, 5) is 3.19. The molecule has 0 saturated heterocycles. The Balaban J connectivity index is 3.20. The Morgan fingerprint density at radius 1 is 1.29 bits per heavy atom. The first-order valence-corrected chi connectivity index (χ1v) is 4.33. The highest BCUT2D eigenvalue weighted by molar-refractivity contribution is 5.45. The van der Waals surface area contributed by atoms with Crippen molar-refractivity contribution in [2.75, 3.05) is 7.11 Å². The van der Waals surface area contributed by atoms with E-state index < -0.39 is 30.0 Å². The van der Waals surface area contributed by atoms with Gasteiger partial charge in [-0.05, 0) is 6.92 Å². The second-order valence-electron chi connectivity index (χ2n) is 3.01. The topological polar surface area (TPSA) is 31.4 Å². The van der Waals surface area contributed by atoms with Gasteiger partial charge in [-0.1, -0.05) is 0 Å². The minimum absolute atomic E-state index is 0.185. The molecule has 8 heteroatoms. The summed E-state index contributed by atoms with van der Waals surface area (Å²) < 4.78 is 69.1. The lowest BCUT2D eigenvalue weighted by Crippen LogP contribution is -2.18. The fraction of sp³-hybridized carbons (Fsp3) is 0.444. The first-order valence-electron chi connectivity index (χ1n) is 4.33. The van der Waals surface area contributed by atoms with E-state index in [0.717, 1.165) is 7.11 Å².